The molecule has 0 aliphatic carbocycles. The summed E-state index contributed by atoms with van der Waals surface area (Å²) in [6.45, 7) is 4.66. The van der Waals surface area contributed by atoms with Crippen LogP contribution in [-0.2, 0) is 36.6 Å². The zero-order valence-corrected chi connectivity index (χ0v) is 34.1. The third kappa shape index (κ3) is 9.72. The number of ether oxygens (including phenoxy) is 6. The van der Waals surface area contributed by atoms with Gasteiger partial charge in [0.15, 0.2) is 6.29 Å². The highest BCUT2D eigenvalue weighted by molar-refractivity contribution is 6.31. The van der Waals surface area contributed by atoms with Crippen molar-refractivity contribution >= 4 is 62.8 Å². The number of aliphatic hydroxyl groups excluding tert-OH is 1. The number of rotatable bonds is 18. The summed E-state index contributed by atoms with van der Waals surface area (Å²) in [5, 5.41) is 13.3. The Balaban J connectivity index is 0.936. The van der Waals surface area contributed by atoms with Gasteiger partial charge in [0.05, 0.1) is 64.7 Å². The summed E-state index contributed by atoms with van der Waals surface area (Å²) in [4.78, 5) is 40.0. The molecule has 6 aromatic rings. The number of halogens is 2. The van der Waals surface area contributed by atoms with Gasteiger partial charge in [-0.1, -0.05) is 23.2 Å². The molecular formula is C44H44Cl2N2O10. The van der Waals surface area contributed by atoms with E-state index in [-0.39, 0.29) is 64.3 Å². The van der Waals surface area contributed by atoms with E-state index in [1.807, 2.05) is 19.1 Å². The molecule has 1 N–H and O–H groups in total. The molecule has 0 spiro atoms. The van der Waals surface area contributed by atoms with Gasteiger partial charge in [-0.15, -0.1) is 0 Å². The average molecular weight is 832 g/mol. The van der Waals surface area contributed by atoms with Crippen molar-refractivity contribution in [2.45, 2.75) is 33.0 Å². The Kier molecular flexibility index (Phi) is 14.2. The van der Waals surface area contributed by atoms with E-state index in [1.165, 1.54) is 0 Å². The second kappa shape index (κ2) is 19.5. The van der Waals surface area contributed by atoms with Crippen molar-refractivity contribution < 1.29 is 47.9 Å². The molecule has 4 aromatic carbocycles. The molecule has 0 aliphatic heterocycles. The average Bonchev–Trinajstić information content (AvgIpc) is 3.65. The minimum Gasteiger partial charge on any atom is -0.497 e. The third-order valence-corrected chi connectivity index (χ3v) is 10.3. The van der Waals surface area contributed by atoms with Crippen molar-refractivity contribution in [2.24, 2.45) is 0 Å². The van der Waals surface area contributed by atoms with E-state index in [0.29, 0.717) is 66.0 Å². The molecule has 12 nitrogen and oxygen atoms in total. The van der Waals surface area contributed by atoms with Crippen LogP contribution in [0.15, 0.2) is 84.9 Å². The second-order valence-electron chi connectivity index (χ2n) is 13.3. The Morgan fingerprint density at radius 1 is 0.621 bits per heavy atom. The van der Waals surface area contributed by atoms with Gasteiger partial charge in [0.1, 0.15) is 18.1 Å². The number of carbonyl (C=O) groups is 3. The van der Waals surface area contributed by atoms with Gasteiger partial charge in [-0.05, 0) is 110 Å². The number of nitrogens with zero attached hydrogens (tertiary/aromatic N) is 2. The topological polar surface area (TPSA) is 137 Å². The molecular weight excluding hydrogens is 787 g/mol. The molecule has 1 atom stereocenters. The largest absolute Gasteiger partial charge is 0.497 e. The summed E-state index contributed by atoms with van der Waals surface area (Å²) in [6, 6.07) is 24.1. The van der Waals surface area contributed by atoms with Gasteiger partial charge in [-0.25, -0.2) is 0 Å². The van der Waals surface area contributed by atoms with E-state index < -0.39 is 12.3 Å². The lowest BCUT2D eigenvalue weighted by molar-refractivity contribution is -0.144. The van der Waals surface area contributed by atoms with Crippen molar-refractivity contribution in [1.29, 1.82) is 0 Å². The standard InChI is InChI=1S/C44H44Cl2N2O10/c1-27-35(37-23-33(53-3)13-15-39(37)47(27)43(51)29-5-9-31(45)10-6-29)25-41(49)57-21-19-55-17-18-56-20-22-58-42(50)26-36-28(2)48(40-16-14-34(54-4)24-38(36)40)44(52)30-7-11-32(46)12-8-30/h5-16,23-24,41,49H,17-22,25-26H2,1-4H3. The van der Waals surface area contributed by atoms with Gasteiger partial charge >= 0.3 is 5.97 Å². The third-order valence-electron chi connectivity index (χ3n) is 9.77. The second-order valence-corrected chi connectivity index (χ2v) is 14.2. The maximum atomic E-state index is 13.6. The number of methoxy groups -OCH3 is 2. The molecule has 304 valence electrons. The predicted octanol–water partition coefficient (Wildman–Crippen LogP) is 7.61. The summed E-state index contributed by atoms with van der Waals surface area (Å²) < 4.78 is 36.3. The van der Waals surface area contributed by atoms with Gasteiger partial charge in [-0.3, -0.25) is 23.5 Å². The lowest BCUT2D eigenvalue weighted by atomic mass is 10.1. The highest BCUT2D eigenvalue weighted by Gasteiger charge is 2.24. The number of aliphatic hydroxyl groups is 1. The highest BCUT2D eigenvalue weighted by Crippen LogP contribution is 2.33. The van der Waals surface area contributed by atoms with E-state index in [0.717, 1.165) is 10.9 Å². The summed E-state index contributed by atoms with van der Waals surface area (Å²) >= 11 is 12.1. The first-order valence-corrected chi connectivity index (χ1v) is 19.3. The molecule has 1 unspecified atom stereocenters. The van der Waals surface area contributed by atoms with Crippen molar-refractivity contribution in [3.05, 3.63) is 129 Å². The van der Waals surface area contributed by atoms with E-state index >= 15 is 0 Å². The van der Waals surface area contributed by atoms with Gasteiger partial charge in [-0.2, -0.15) is 0 Å². The van der Waals surface area contributed by atoms with Crippen LogP contribution in [0.3, 0.4) is 0 Å². The molecule has 0 saturated heterocycles. The summed E-state index contributed by atoms with van der Waals surface area (Å²) in [7, 11) is 3.12. The minimum atomic E-state index is -1.16. The zero-order chi connectivity index (χ0) is 41.3. The molecule has 2 aromatic heterocycles. The Labute approximate surface area is 345 Å². The van der Waals surface area contributed by atoms with E-state index in [9.17, 15) is 19.5 Å². The number of benzene rings is 4. The first kappa shape index (κ1) is 42.4. The molecule has 58 heavy (non-hydrogen) atoms. The normalized spacial score (nSPS) is 11.9. The number of fused-ring (bicyclic) bond motifs is 2. The van der Waals surface area contributed by atoms with Crippen LogP contribution in [0.1, 0.15) is 43.2 Å². The summed E-state index contributed by atoms with van der Waals surface area (Å²) in [5.74, 6) is 0.282. The molecule has 0 bridgehead atoms. The lowest BCUT2D eigenvalue weighted by Gasteiger charge is -2.13. The molecule has 6 rings (SSSR count). The maximum absolute atomic E-state index is 13.6. The Hall–Kier alpha value is -5.21. The fraction of sp³-hybridized carbons (Fsp3) is 0.295. The van der Waals surface area contributed by atoms with Crippen LogP contribution < -0.4 is 9.47 Å². The Morgan fingerprint density at radius 3 is 1.57 bits per heavy atom. The van der Waals surface area contributed by atoms with Crippen molar-refractivity contribution in [3.8, 4) is 11.5 Å². The van der Waals surface area contributed by atoms with Crippen molar-refractivity contribution in [3.63, 3.8) is 0 Å². The maximum Gasteiger partial charge on any atom is 0.310 e. The van der Waals surface area contributed by atoms with Crippen LogP contribution in [0.2, 0.25) is 10.0 Å². The van der Waals surface area contributed by atoms with Crippen LogP contribution in [-0.4, -0.2) is 92.2 Å². The first-order chi connectivity index (χ1) is 28.0. The SMILES string of the molecule is COc1ccc2c(c1)c(CC(=O)OCCOCCOCCOC(O)Cc1c(C)n(C(=O)c3ccc(Cl)cc3)c3ccc(OC)cc13)c(C)n2C(=O)c1ccc(Cl)cc1. The lowest BCUT2D eigenvalue weighted by Crippen LogP contribution is -2.20. The monoisotopic (exact) mass is 830 g/mol. The smallest absolute Gasteiger partial charge is 0.310 e. The van der Waals surface area contributed by atoms with Crippen molar-refractivity contribution in [2.75, 3.05) is 53.9 Å². The number of hydrogen-bond donors (Lipinski definition) is 1. The summed E-state index contributed by atoms with van der Waals surface area (Å²) in [6.07, 6.45) is -1.08. The van der Waals surface area contributed by atoms with Crippen LogP contribution in [0.25, 0.3) is 21.8 Å². The number of esters is 1. The van der Waals surface area contributed by atoms with E-state index in [2.05, 4.69) is 0 Å². The highest BCUT2D eigenvalue weighted by atomic mass is 35.5. The first-order valence-electron chi connectivity index (χ1n) is 18.6. The van der Waals surface area contributed by atoms with Crippen LogP contribution in [0.4, 0.5) is 0 Å². The van der Waals surface area contributed by atoms with Gasteiger partial charge in [0, 0.05) is 49.8 Å². The van der Waals surface area contributed by atoms with E-state index in [1.54, 1.807) is 103 Å². The van der Waals surface area contributed by atoms with Crippen LogP contribution in [0.5, 0.6) is 11.5 Å². The van der Waals surface area contributed by atoms with Crippen LogP contribution in [0, 0.1) is 13.8 Å². The van der Waals surface area contributed by atoms with Crippen molar-refractivity contribution in [1.82, 2.24) is 9.13 Å². The molecule has 0 saturated carbocycles. The molecule has 14 heteroatoms. The number of aromatic nitrogens is 2. The fourth-order valence-corrected chi connectivity index (χ4v) is 7.09. The van der Waals surface area contributed by atoms with Crippen LogP contribution >= 0.6 is 23.2 Å². The fourth-order valence-electron chi connectivity index (χ4n) is 6.83. The zero-order valence-electron chi connectivity index (χ0n) is 32.6. The molecule has 0 amide bonds. The molecule has 0 aliphatic rings. The molecule has 0 fully saturated rings. The quantitative estimate of drug-likeness (QED) is 0.0524. The van der Waals surface area contributed by atoms with Gasteiger partial charge < -0.3 is 33.5 Å². The van der Waals surface area contributed by atoms with E-state index in [4.69, 9.17) is 51.6 Å². The van der Waals surface area contributed by atoms with Gasteiger partial charge in [0.25, 0.3) is 11.8 Å². The number of hydrogen-bond acceptors (Lipinski definition) is 10. The Bertz CT molecular complexity index is 2400. The summed E-state index contributed by atoms with van der Waals surface area (Å²) in [5.41, 5.74) is 4.97. The Morgan fingerprint density at radius 2 is 1.07 bits per heavy atom. The predicted molar refractivity (Wildman–Crippen MR) is 221 cm³/mol. The molecule has 2 heterocycles. The van der Waals surface area contributed by atoms with Gasteiger partial charge in [0.2, 0.25) is 0 Å². The number of carbonyl (C=O) groups excluding carboxylic acids is 3. The molecule has 0 radical (unpaired) electrons. The minimum absolute atomic E-state index is 0.0336.